The zero-order valence-corrected chi connectivity index (χ0v) is 14.9. The van der Waals surface area contributed by atoms with Gasteiger partial charge in [-0.05, 0) is 56.1 Å². The van der Waals surface area contributed by atoms with E-state index >= 15 is 0 Å². The van der Waals surface area contributed by atoms with Crippen molar-refractivity contribution in [2.24, 2.45) is 5.14 Å². The molecule has 0 fully saturated rings. The number of amides is 1. The Bertz CT molecular complexity index is 801. The second kappa shape index (κ2) is 6.13. The molecule has 1 heterocycles. The van der Waals surface area contributed by atoms with E-state index in [0.29, 0.717) is 9.35 Å². The second-order valence-electron chi connectivity index (χ2n) is 3.91. The summed E-state index contributed by atoms with van der Waals surface area (Å²) in [7, 11) is -4.05. The van der Waals surface area contributed by atoms with E-state index in [-0.39, 0.29) is 5.69 Å². The van der Waals surface area contributed by atoms with Gasteiger partial charge >= 0.3 is 0 Å². The zero-order valence-electron chi connectivity index (χ0n) is 10.1. The Balaban J connectivity index is 2.31. The number of nitrogens with one attached hydrogen (secondary N) is 1. The third-order valence-corrected chi connectivity index (χ3v) is 6.47. The highest BCUT2D eigenvalue weighted by Crippen LogP contribution is 2.32. The summed E-state index contributed by atoms with van der Waals surface area (Å²) in [6.45, 7) is 0. The molecule has 112 valence electrons. The van der Waals surface area contributed by atoms with Crippen LogP contribution in [0.5, 0.6) is 0 Å². The SMILES string of the molecule is NS(=O)(=O)c1cc(F)cc(NC(=O)c2cc(Br)c(Br)s2)c1. The fourth-order valence-electron chi connectivity index (χ4n) is 1.45. The van der Waals surface area contributed by atoms with E-state index in [9.17, 15) is 17.6 Å². The molecule has 0 bridgehead atoms. The molecule has 10 heteroatoms. The van der Waals surface area contributed by atoms with Crippen LogP contribution in [0, 0.1) is 5.82 Å². The van der Waals surface area contributed by atoms with Crippen molar-refractivity contribution in [1.29, 1.82) is 0 Å². The smallest absolute Gasteiger partial charge is 0.265 e. The largest absolute Gasteiger partial charge is 0.321 e. The van der Waals surface area contributed by atoms with Crippen LogP contribution >= 0.6 is 43.2 Å². The summed E-state index contributed by atoms with van der Waals surface area (Å²) in [6, 6.07) is 4.46. The van der Waals surface area contributed by atoms with Crippen molar-refractivity contribution in [1.82, 2.24) is 0 Å². The predicted octanol–water partition coefficient (Wildman–Crippen LogP) is 3.31. The van der Waals surface area contributed by atoms with Gasteiger partial charge in [0.25, 0.3) is 5.91 Å². The minimum Gasteiger partial charge on any atom is -0.321 e. The highest BCUT2D eigenvalue weighted by molar-refractivity contribution is 9.13. The fraction of sp³-hybridized carbons (Fsp3) is 0. The standard InChI is InChI=1S/C11H7Br2FN2O3S2/c12-8-4-9(20-10(8)13)11(17)16-6-1-5(14)2-7(3-6)21(15,18)19/h1-4H,(H,16,17)(H2,15,18,19). The van der Waals surface area contributed by atoms with Gasteiger partial charge in [0.2, 0.25) is 10.0 Å². The topological polar surface area (TPSA) is 89.3 Å². The van der Waals surface area contributed by atoms with Gasteiger partial charge in [-0.3, -0.25) is 4.79 Å². The lowest BCUT2D eigenvalue weighted by molar-refractivity contribution is 0.103. The van der Waals surface area contributed by atoms with Crippen molar-refractivity contribution in [2.45, 2.75) is 4.90 Å². The first-order chi connectivity index (χ1) is 9.66. The first-order valence-corrected chi connectivity index (χ1v) is 9.21. The van der Waals surface area contributed by atoms with Gasteiger partial charge in [0.1, 0.15) is 5.82 Å². The van der Waals surface area contributed by atoms with Crippen molar-refractivity contribution in [3.63, 3.8) is 0 Å². The number of hydrogen-bond donors (Lipinski definition) is 2. The van der Waals surface area contributed by atoms with E-state index in [1.54, 1.807) is 6.07 Å². The van der Waals surface area contributed by atoms with Crippen LogP contribution in [0.4, 0.5) is 10.1 Å². The summed E-state index contributed by atoms with van der Waals surface area (Å²) in [4.78, 5) is 12.0. The summed E-state index contributed by atoms with van der Waals surface area (Å²) in [5.74, 6) is -1.30. The minimum absolute atomic E-state index is 0.00432. The molecule has 1 amide bonds. The Morgan fingerprint density at radius 2 is 1.90 bits per heavy atom. The number of nitrogens with two attached hydrogens (primary N) is 1. The number of carbonyl (C=O) groups excluding carboxylic acids is 1. The molecule has 0 saturated carbocycles. The summed E-state index contributed by atoms with van der Waals surface area (Å²) < 4.78 is 37.3. The predicted molar refractivity (Wildman–Crippen MR) is 85.4 cm³/mol. The molecule has 0 aliphatic rings. The van der Waals surface area contributed by atoms with Gasteiger partial charge in [-0.15, -0.1) is 11.3 Å². The third-order valence-electron chi connectivity index (χ3n) is 2.33. The third kappa shape index (κ3) is 4.10. The molecule has 2 aromatic rings. The van der Waals surface area contributed by atoms with E-state index in [2.05, 4.69) is 37.2 Å². The molecule has 5 nitrogen and oxygen atoms in total. The Labute approximate surface area is 140 Å². The zero-order chi connectivity index (χ0) is 15.8. The molecule has 0 aliphatic heterocycles. The van der Waals surface area contributed by atoms with Crippen LogP contribution in [-0.2, 0) is 10.0 Å². The number of rotatable bonds is 3. The van der Waals surface area contributed by atoms with Gasteiger partial charge in [-0.1, -0.05) is 0 Å². The van der Waals surface area contributed by atoms with E-state index in [1.165, 1.54) is 11.3 Å². The second-order valence-corrected chi connectivity index (χ2v) is 8.69. The first kappa shape index (κ1) is 16.6. The Hall–Kier alpha value is -0.810. The molecule has 0 unspecified atom stereocenters. The van der Waals surface area contributed by atoms with Crippen LogP contribution in [-0.4, -0.2) is 14.3 Å². The van der Waals surface area contributed by atoms with Crippen LogP contribution in [0.2, 0.25) is 0 Å². The lowest BCUT2D eigenvalue weighted by Crippen LogP contribution is -2.14. The monoisotopic (exact) mass is 456 g/mol. The molecule has 1 aromatic carbocycles. The maximum Gasteiger partial charge on any atom is 0.265 e. The lowest BCUT2D eigenvalue weighted by Gasteiger charge is -2.06. The van der Waals surface area contributed by atoms with Crippen molar-refractivity contribution < 1.29 is 17.6 Å². The van der Waals surface area contributed by atoms with Gasteiger partial charge in [-0.2, -0.15) is 0 Å². The Morgan fingerprint density at radius 3 is 2.43 bits per heavy atom. The van der Waals surface area contributed by atoms with Crippen LogP contribution < -0.4 is 10.5 Å². The molecule has 3 N–H and O–H groups in total. The molecule has 2 rings (SSSR count). The fourth-order valence-corrected chi connectivity index (χ4v) is 3.95. The van der Waals surface area contributed by atoms with Crippen molar-refractivity contribution in [2.75, 3.05) is 5.32 Å². The molecule has 0 radical (unpaired) electrons. The summed E-state index contributed by atoms with van der Waals surface area (Å²) >= 11 is 7.68. The van der Waals surface area contributed by atoms with E-state index in [0.717, 1.165) is 22.0 Å². The highest BCUT2D eigenvalue weighted by Gasteiger charge is 2.15. The molecule has 21 heavy (non-hydrogen) atoms. The molecule has 0 atom stereocenters. The van der Waals surface area contributed by atoms with Gasteiger partial charge in [0.15, 0.2) is 0 Å². The van der Waals surface area contributed by atoms with E-state index < -0.39 is 26.6 Å². The van der Waals surface area contributed by atoms with Crippen LogP contribution in [0.25, 0.3) is 0 Å². The number of carbonyl (C=O) groups is 1. The van der Waals surface area contributed by atoms with Gasteiger partial charge < -0.3 is 5.32 Å². The number of thiophene rings is 1. The number of benzene rings is 1. The average Bonchev–Trinajstić information content (AvgIpc) is 2.68. The summed E-state index contributed by atoms with van der Waals surface area (Å²) in [5.41, 5.74) is 0.00432. The molecule has 0 aliphatic carbocycles. The highest BCUT2D eigenvalue weighted by atomic mass is 79.9. The van der Waals surface area contributed by atoms with Crippen LogP contribution in [0.3, 0.4) is 0 Å². The average molecular weight is 458 g/mol. The molecule has 1 aromatic heterocycles. The number of hydrogen-bond acceptors (Lipinski definition) is 4. The van der Waals surface area contributed by atoms with Gasteiger partial charge in [0.05, 0.1) is 13.6 Å². The molecular formula is C11H7Br2FN2O3S2. The van der Waals surface area contributed by atoms with Crippen LogP contribution in [0.15, 0.2) is 37.4 Å². The minimum atomic E-state index is -4.05. The number of anilines is 1. The van der Waals surface area contributed by atoms with Gasteiger partial charge in [0, 0.05) is 10.2 Å². The maximum absolute atomic E-state index is 13.4. The lowest BCUT2D eigenvalue weighted by atomic mass is 10.3. The van der Waals surface area contributed by atoms with E-state index in [1.807, 2.05) is 0 Å². The molecular weight excluding hydrogens is 451 g/mol. The van der Waals surface area contributed by atoms with E-state index in [4.69, 9.17) is 5.14 Å². The Morgan fingerprint density at radius 1 is 1.24 bits per heavy atom. The number of halogens is 3. The quantitative estimate of drug-likeness (QED) is 0.740. The van der Waals surface area contributed by atoms with Crippen molar-refractivity contribution >= 4 is 64.8 Å². The number of primary sulfonamides is 1. The summed E-state index contributed by atoms with van der Waals surface area (Å²) in [5, 5.41) is 7.36. The first-order valence-electron chi connectivity index (χ1n) is 5.26. The Kier molecular flexibility index (Phi) is 4.83. The van der Waals surface area contributed by atoms with Gasteiger partial charge in [-0.25, -0.2) is 17.9 Å². The van der Waals surface area contributed by atoms with Crippen molar-refractivity contribution in [3.8, 4) is 0 Å². The molecule has 0 saturated heterocycles. The number of sulfonamides is 1. The van der Waals surface area contributed by atoms with Crippen LogP contribution in [0.1, 0.15) is 9.67 Å². The maximum atomic E-state index is 13.4. The molecule has 0 spiro atoms. The summed E-state index contributed by atoms with van der Waals surface area (Å²) in [6.07, 6.45) is 0. The normalized spacial score (nSPS) is 11.4. The van der Waals surface area contributed by atoms with Crippen molar-refractivity contribution in [3.05, 3.63) is 43.2 Å².